The molecule has 1 aromatic carbocycles. The van der Waals surface area contributed by atoms with Crippen molar-refractivity contribution in [1.29, 1.82) is 0 Å². The summed E-state index contributed by atoms with van der Waals surface area (Å²) in [7, 11) is 1.57. The highest BCUT2D eigenvalue weighted by atomic mass is 35.5. The molecule has 154 valence electrons. The highest BCUT2D eigenvalue weighted by Gasteiger charge is 2.23. The second-order valence-electron chi connectivity index (χ2n) is 6.94. The second kappa shape index (κ2) is 9.60. The van der Waals surface area contributed by atoms with Crippen LogP contribution < -0.4 is 19.5 Å². The first-order valence-electron chi connectivity index (χ1n) is 9.40. The molecule has 0 saturated heterocycles. The number of carbonyl (C=O) groups is 1. The Hall–Kier alpha value is -2.80. The Morgan fingerprint density at radius 2 is 2.00 bits per heavy atom. The van der Waals surface area contributed by atoms with Crippen molar-refractivity contribution in [3.63, 3.8) is 0 Å². The summed E-state index contributed by atoms with van der Waals surface area (Å²) in [5, 5.41) is 3.15. The van der Waals surface area contributed by atoms with E-state index in [1.165, 1.54) is 19.8 Å². The Balaban J connectivity index is 1.65. The molecule has 1 heterocycles. The summed E-state index contributed by atoms with van der Waals surface area (Å²) >= 11 is 6.33. The van der Waals surface area contributed by atoms with Crippen molar-refractivity contribution >= 4 is 23.6 Å². The molecule has 1 aliphatic carbocycles. The van der Waals surface area contributed by atoms with Gasteiger partial charge in [-0.15, -0.1) is 0 Å². The largest absolute Gasteiger partial charge is 0.493 e. The number of rotatable bonds is 9. The van der Waals surface area contributed by atoms with E-state index in [9.17, 15) is 4.79 Å². The number of hydrogen-bond acceptors (Lipinski definition) is 6. The van der Waals surface area contributed by atoms with E-state index >= 15 is 0 Å². The van der Waals surface area contributed by atoms with Crippen LogP contribution in [0.3, 0.4) is 0 Å². The fourth-order valence-corrected chi connectivity index (χ4v) is 2.74. The fraction of sp³-hybridized carbons (Fsp3) is 0.381. The number of ether oxygens (including phenoxy) is 3. The maximum absolute atomic E-state index is 11.0. The number of aromatic nitrogens is 2. The molecule has 7 nitrogen and oxygen atoms in total. The Morgan fingerprint density at radius 3 is 2.62 bits per heavy atom. The van der Waals surface area contributed by atoms with Gasteiger partial charge in [0.25, 0.3) is 0 Å². The van der Waals surface area contributed by atoms with E-state index in [2.05, 4.69) is 15.3 Å². The minimum atomic E-state index is -0.0876. The van der Waals surface area contributed by atoms with Gasteiger partial charge in [-0.3, -0.25) is 4.79 Å². The number of nitrogens with zero attached hydrogens (tertiary/aromatic N) is 2. The van der Waals surface area contributed by atoms with E-state index in [0.717, 1.165) is 5.56 Å². The van der Waals surface area contributed by atoms with Gasteiger partial charge in [0, 0.05) is 43.1 Å². The molecule has 8 heteroatoms. The highest BCUT2D eigenvalue weighted by molar-refractivity contribution is 6.32. The van der Waals surface area contributed by atoms with Gasteiger partial charge >= 0.3 is 6.01 Å². The lowest BCUT2D eigenvalue weighted by Gasteiger charge is -2.13. The molecule has 0 aliphatic heterocycles. The third kappa shape index (κ3) is 6.35. The van der Waals surface area contributed by atoms with Crippen molar-refractivity contribution in [2.75, 3.05) is 13.7 Å². The summed E-state index contributed by atoms with van der Waals surface area (Å²) in [6, 6.07) is 3.41. The maximum atomic E-state index is 11.0. The van der Waals surface area contributed by atoms with Gasteiger partial charge < -0.3 is 19.5 Å². The minimum Gasteiger partial charge on any atom is -0.493 e. The molecule has 0 unspecified atom stereocenters. The average Bonchev–Trinajstić information content (AvgIpc) is 3.51. The topological polar surface area (TPSA) is 82.6 Å². The van der Waals surface area contributed by atoms with E-state index in [-0.39, 0.29) is 18.0 Å². The molecule has 0 bridgehead atoms. The van der Waals surface area contributed by atoms with E-state index in [1.807, 2.05) is 19.1 Å². The van der Waals surface area contributed by atoms with Crippen LogP contribution in [0.1, 0.15) is 32.3 Å². The zero-order valence-electron chi connectivity index (χ0n) is 16.6. The second-order valence-corrected chi connectivity index (χ2v) is 7.34. The van der Waals surface area contributed by atoms with Crippen molar-refractivity contribution < 1.29 is 19.0 Å². The van der Waals surface area contributed by atoms with Gasteiger partial charge in [0.2, 0.25) is 5.91 Å². The molecule has 1 N–H and O–H groups in total. The van der Waals surface area contributed by atoms with Gasteiger partial charge in [-0.05, 0) is 25.7 Å². The van der Waals surface area contributed by atoms with E-state index < -0.39 is 0 Å². The van der Waals surface area contributed by atoms with Crippen molar-refractivity contribution in [2.45, 2.75) is 32.7 Å². The number of benzene rings is 1. The predicted molar refractivity (Wildman–Crippen MR) is 111 cm³/mol. The van der Waals surface area contributed by atoms with Gasteiger partial charge in [0.1, 0.15) is 0 Å². The molecule has 1 aromatic heterocycles. The van der Waals surface area contributed by atoms with E-state index in [1.54, 1.807) is 31.6 Å². The zero-order valence-corrected chi connectivity index (χ0v) is 17.4. The number of halogens is 1. The fourth-order valence-electron chi connectivity index (χ4n) is 2.55. The lowest BCUT2D eigenvalue weighted by atomic mass is 10.2. The van der Waals surface area contributed by atoms with Gasteiger partial charge in [-0.2, -0.15) is 0 Å². The molecule has 0 spiro atoms. The summed E-state index contributed by atoms with van der Waals surface area (Å²) in [5.74, 6) is 2.04. The summed E-state index contributed by atoms with van der Waals surface area (Å²) in [6.07, 6.45) is 9.32. The van der Waals surface area contributed by atoms with Crippen LogP contribution in [-0.4, -0.2) is 35.6 Å². The molecule has 2 aromatic rings. The molecule has 1 saturated carbocycles. The van der Waals surface area contributed by atoms with Crippen molar-refractivity contribution in [2.24, 2.45) is 5.92 Å². The van der Waals surface area contributed by atoms with Crippen molar-refractivity contribution in [3.8, 4) is 23.3 Å². The summed E-state index contributed by atoms with van der Waals surface area (Å²) in [5.41, 5.74) is 0.780. The lowest BCUT2D eigenvalue weighted by molar-refractivity contribution is -0.119. The molecule has 1 amide bonds. The highest BCUT2D eigenvalue weighted by Crippen LogP contribution is 2.40. The minimum absolute atomic E-state index is 0.0848. The average molecular weight is 418 g/mol. The summed E-state index contributed by atoms with van der Waals surface area (Å²) in [6.45, 7) is 4.01. The Kier molecular flexibility index (Phi) is 6.93. The molecule has 0 radical (unpaired) electrons. The van der Waals surface area contributed by atoms with Crippen LogP contribution in [0.25, 0.3) is 6.08 Å². The first-order chi connectivity index (χ1) is 13.9. The lowest BCUT2D eigenvalue weighted by Crippen LogP contribution is -2.28. The van der Waals surface area contributed by atoms with Crippen LogP contribution in [0, 0.1) is 5.92 Å². The molecule has 1 atom stereocenters. The first kappa shape index (κ1) is 20.9. The van der Waals surface area contributed by atoms with E-state index in [4.69, 9.17) is 25.8 Å². The Bertz CT molecular complexity index is 882. The van der Waals surface area contributed by atoms with Crippen molar-refractivity contribution in [1.82, 2.24) is 15.3 Å². The zero-order chi connectivity index (χ0) is 20.8. The van der Waals surface area contributed by atoms with Gasteiger partial charge in [-0.1, -0.05) is 23.8 Å². The third-order valence-electron chi connectivity index (χ3n) is 4.25. The monoisotopic (exact) mass is 417 g/mol. The summed E-state index contributed by atoms with van der Waals surface area (Å²) < 4.78 is 16.9. The molecular weight excluding hydrogens is 394 g/mol. The number of nitrogens with one attached hydrogen (secondary N) is 1. The van der Waals surface area contributed by atoms with Crippen LogP contribution in [0.15, 0.2) is 30.6 Å². The van der Waals surface area contributed by atoms with Gasteiger partial charge in [-0.25, -0.2) is 9.97 Å². The SMILES string of the molecule is COc1cc(Oc2ncc(C=C[C@H](C)NC(C)=O)cn2)c(Cl)cc1OCC1CC1. The molecule has 29 heavy (non-hydrogen) atoms. The molecule has 3 rings (SSSR count). The van der Waals surface area contributed by atoms with Crippen LogP contribution in [0.5, 0.6) is 23.3 Å². The van der Waals surface area contributed by atoms with Crippen LogP contribution in [-0.2, 0) is 4.79 Å². The number of hydrogen-bond donors (Lipinski definition) is 1. The molecule has 1 fully saturated rings. The quantitative estimate of drug-likeness (QED) is 0.656. The van der Waals surface area contributed by atoms with Gasteiger partial charge in [0.15, 0.2) is 17.2 Å². The van der Waals surface area contributed by atoms with Crippen molar-refractivity contribution in [3.05, 3.63) is 41.2 Å². The predicted octanol–water partition coefficient (Wildman–Crippen LogP) is 4.26. The first-order valence-corrected chi connectivity index (χ1v) is 9.78. The van der Waals surface area contributed by atoms with Gasteiger partial charge in [0.05, 0.1) is 18.7 Å². The third-order valence-corrected chi connectivity index (χ3v) is 4.54. The Labute approximate surface area is 175 Å². The standard InChI is InChI=1S/C21H24ClN3O4/c1-13(25-14(2)26)4-5-16-10-23-21(24-11-16)29-18-9-19(27-3)20(8-17(18)22)28-12-15-6-7-15/h4-5,8-11,13,15H,6-7,12H2,1-3H3,(H,25,26)/t13-/m0/s1. The smallest absolute Gasteiger partial charge is 0.321 e. The van der Waals surface area contributed by atoms with E-state index in [0.29, 0.717) is 34.8 Å². The molecular formula is C21H24ClN3O4. The Morgan fingerprint density at radius 1 is 1.28 bits per heavy atom. The normalized spacial score (nSPS) is 14.5. The number of methoxy groups -OCH3 is 1. The maximum Gasteiger partial charge on any atom is 0.321 e. The summed E-state index contributed by atoms with van der Waals surface area (Å²) in [4.78, 5) is 19.4. The number of carbonyl (C=O) groups excluding carboxylic acids is 1. The molecule has 1 aliphatic rings. The number of amides is 1. The van der Waals surface area contributed by atoms with Crippen LogP contribution in [0.4, 0.5) is 0 Å². The van der Waals surface area contributed by atoms with Crippen LogP contribution in [0.2, 0.25) is 5.02 Å². The van der Waals surface area contributed by atoms with Crippen LogP contribution >= 0.6 is 11.6 Å².